The molecule has 0 unspecified atom stereocenters. The van der Waals surface area contributed by atoms with Crippen LogP contribution in [0.1, 0.15) is 17.0 Å². The molecule has 4 rings (SSSR count). The Morgan fingerprint density at radius 2 is 1.83 bits per heavy atom. The van der Waals surface area contributed by atoms with Crippen LogP contribution < -0.4 is 15.5 Å². The van der Waals surface area contributed by atoms with Crippen LogP contribution in [0.25, 0.3) is 0 Å². The lowest BCUT2D eigenvalue weighted by molar-refractivity contribution is -0.122. The number of carbonyl (C=O) groups excluding carboxylic acids is 3. The standard InChI is InChI=1S/C21H16BrN3O4/c22-13-7-9-14(10-8-13)23-19(26)12-17-20(27)24-15-4-1-2-5-16(15)25(17)21(28)18-6-3-11-29-18/h1-11,17H,12H2,(H,23,26)(H,24,27)/t17-/m1/s1. The molecule has 3 aromatic rings. The van der Waals surface area contributed by atoms with Gasteiger partial charge in [0.05, 0.1) is 24.1 Å². The van der Waals surface area contributed by atoms with Gasteiger partial charge in [-0.1, -0.05) is 28.1 Å². The Morgan fingerprint density at radius 1 is 1.07 bits per heavy atom. The van der Waals surface area contributed by atoms with Crippen LogP contribution in [-0.4, -0.2) is 23.8 Å². The highest BCUT2D eigenvalue weighted by atomic mass is 79.9. The molecule has 8 heteroatoms. The minimum absolute atomic E-state index is 0.0906. The quantitative estimate of drug-likeness (QED) is 0.623. The number of carbonyl (C=O) groups is 3. The fourth-order valence-corrected chi connectivity index (χ4v) is 3.43. The lowest BCUT2D eigenvalue weighted by Gasteiger charge is -2.35. The van der Waals surface area contributed by atoms with Crippen LogP contribution in [0.3, 0.4) is 0 Å². The van der Waals surface area contributed by atoms with Crippen molar-refractivity contribution in [3.8, 4) is 0 Å². The fraction of sp³-hybridized carbons (Fsp3) is 0.0952. The Kier molecular flexibility index (Phi) is 5.18. The molecule has 0 fully saturated rings. The van der Waals surface area contributed by atoms with Gasteiger partial charge < -0.3 is 15.1 Å². The first-order valence-corrected chi connectivity index (χ1v) is 9.64. The maximum atomic E-state index is 13.1. The summed E-state index contributed by atoms with van der Waals surface area (Å²) in [7, 11) is 0. The number of para-hydroxylation sites is 2. The first-order valence-electron chi connectivity index (χ1n) is 8.85. The van der Waals surface area contributed by atoms with E-state index in [1.165, 1.54) is 17.2 Å². The number of fused-ring (bicyclic) bond motifs is 1. The van der Waals surface area contributed by atoms with Crippen LogP contribution in [0.15, 0.2) is 75.8 Å². The van der Waals surface area contributed by atoms with Gasteiger partial charge in [-0.25, -0.2) is 0 Å². The van der Waals surface area contributed by atoms with E-state index >= 15 is 0 Å². The van der Waals surface area contributed by atoms with Crippen molar-refractivity contribution in [2.24, 2.45) is 0 Å². The van der Waals surface area contributed by atoms with E-state index in [1.807, 2.05) is 0 Å². The van der Waals surface area contributed by atoms with Crippen molar-refractivity contribution in [2.45, 2.75) is 12.5 Å². The number of hydrogen-bond acceptors (Lipinski definition) is 4. The van der Waals surface area contributed by atoms with Gasteiger partial charge in [0.2, 0.25) is 11.8 Å². The zero-order valence-electron chi connectivity index (χ0n) is 15.1. The number of anilines is 3. The summed E-state index contributed by atoms with van der Waals surface area (Å²) in [5, 5.41) is 5.52. The molecule has 0 aliphatic carbocycles. The van der Waals surface area contributed by atoms with E-state index < -0.39 is 17.9 Å². The van der Waals surface area contributed by atoms with E-state index in [9.17, 15) is 14.4 Å². The van der Waals surface area contributed by atoms with Crippen LogP contribution in [0.4, 0.5) is 17.1 Å². The molecule has 2 heterocycles. The smallest absolute Gasteiger partial charge is 0.294 e. The third-order valence-corrected chi connectivity index (χ3v) is 5.02. The molecule has 1 aromatic heterocycles. The zero-order chi connectivity index (χ0) is 20.4. The minimum Gasteiger partial charge on any atom is -0.459 e. The van der Waals surface area contributed by atoms with Gasteiger partial charge in [0, 0.05) is 10.2 Å². The number of amides is 3. The number of benzene rings is 2. The van der Waals surface area contributed by atoms with E-state index in [0.29, 0.717) is 17.1 Å². The number of rotatable bonds is 4. The SMILES string of the molecule is O=C(C[C@@H]1C(=O)Nc2ccccc2N1C(=O)c1ccco1)Nc1ccc(Br)cc1. The largest absolute Gasteiger partial charge is 0.459 e. The molecule has 1 atom stereocenters. The van der Waals surface area contributed by atoms with Crippen LogP contribution in [0.2, 0.25) is 0 Å². The summed E-state index contributed by atoms with van der Waals surface area (Å²) in [6.45, 7) is 0. The second kappa shape index (κ2) is 7.92. The molecule has 0 saturated carbocycles. The monoisotopic (exact) mass is 453 g/mol. The Bertz CT molecular complexity index is 1060. The lowest BCUT2D eigenvalue weighted by atomic mass is 10.0. The molecule has 2 N–H and O–H groups in total. The lowest BCUT2D eigenvalue weighted by Crippen LogP contribution is -2.52. The van der Waals surface area contributed by atoms with E-state index in [0.717, 1.165) is 4.47 Å². The minimum atomic E-state index is -1.02. The van der Waals surface area contributed by atoms with Gasteiger partial charge in [-0.15, -0.1) is 0 Å². The summed E-state index contributed by atoms with van der Waals surface area (Å²) in [6, 6.07) is 16.1. The molecule has 1 aliphatic heterocycles. The molecular weight excluding hydrogens is 438 g/mol. The van der Waals surface area contributed by atoms with E-state index in [-0.39, 0.29) is 18.1 Å². The van der Waals surface area contributed by atoms with Crippen molar-refractivity contribution in [1.82, 2.24) is 0 Å². The van der Waals surface area contributed by atoms with Crippen molar-refractivity contribution >= 4 is 50.7 Å². The molecule has 0 spiro atoms. The van der Waals surface area contributed by atoms with Gasteiger partial charge in [-0.3, -0.25) is 19.3 Å². The molecule has 0 bridgehead atoms. The van der Waals surface area contributed by atoms with Gasteiger partial charge in [-0.2, -0.15) is 0 Å². The summed E-state index contributed by atoms with van der Waals surface area (Å²) in [5.41, 5.74) is 1.61. The third kappa shape index (κ3) is 3.93. The third-order valence-electron chi connectivity index (χ3n) is 4.49. The van der Waals surface area contributed by atoms with Crippen LogP contribution in [0, 0.1) is 0 Å². The highest BCUT2D eigenvalue weighted by molar-refractivity contribution is 9.10. The Balaban J connectivity index is 1.62. The average molecular weight is 454 g/mol. The van der Waals surface area contributed by atoms with Crippen molar-refractivity contribution in [2.75, 3.05) is 15.5 Å². The number of nitrogens with zero attached hydrogens (tertiary/aromatic N) is 1. The Morgan fingerprint density at radius 3 is 2.55 bits per heavy atom. The summed E-state index contributed by atoms with van der Waals surface area (Å²) >= 11 is 3.34. The maximum absolute atomic E-state index is 13.1. The summed E-state index contributed by atoms with van der Waals surface area (Å²) in [5.74, 6) is -1.22. The normalized spacial score (nSPS) is 15.4. The van der Waals surface area contributed by atoms with Crippen LogP contribution in [0.5, 0.6) is 0 Å². The van der Waals surface area contributed by atoms with E-state index in [1.54, 1.807) is 54.6 Å². The second-order valence-electron chi connectivity index (χ2n) is 6.43. The highest BCUT2D eigenvalue weighted by Gasteiger charge is 2.39. The van der Waals surface area contributed by atoms with Gasteiger partial charge in [0.15, 0.2) is 5.76 Å². The van der Waals surface area contributed by atoms with Crippen LogP contribution >= 0.6 is 15.9 Å². The first kappa shape index (κ1) is 18.9. The Hall–Kier alpha value is -3.39. The number of hydrogen-bond donors (Lipinski definition) is 2. The maximum Gasteiger partial charge on any atom is 0.294 e. The molecule has 29 heavy (non-hydrogen) atoms. The second-order valence-corrected chi connectivity index (χ2v) is 7.35. The molecule has 146 valence electrons. The van der Waals surface area contributed by atoms with Crippen molar-refractivity contribution in [3.63, 3.8) is 0 Å². The molecule has 2 aromatic carbocycles. The summed E-state index contributed by atoms with van der Waals surface area (Å²) < 4.78 is 6.11. The number of halogens is 1. The van der Waals surface area contributed by atoms with E-state index in [4.69, 9.17) is 4.42 Å². The summed E-state index contributed by atoms with van der Waals surface area (Å²) in [4.78, 5) is 39.8. The van der Waals surface area contributed by atoms with Gasteiger partial charge in [0.25, 0.3) is 5.91 Å². The molecular formula is C21H16BrN3O4. The topological polar surface area (TPSA) is 91.7 Å². The fourth-order valence-electron chi connectivity index (χ4n) is 3.17. The molecule has 1 aliphatic rings. The average Bonchev–Trinajstić information content (AvgIpc) is 3.25. The van der Waals surface area contributed by atoms with Crippen molar-refractivity contribution in [1.29, 1.82) is 0 Å². The Labute approximate surface area is 174 Å². The molecule has 0 radical (unpaired) electrons. The molecule has 0 saturated heterocycles. The zero-order valence-corrected chi connectivity index (χ0v) is 16.7. The van der Waals surface area contributed by atoms with Gasteiger partial charge in [-0.05, 0) is 48.5 Å². The predicted molar refractivity (Wildman–Crippen MR) is 112 cm³/mol. The van der Waals surface area contributed by atoms with Crippen LogP contribution in [-0.2, 0) is 9.59 Å². The summed E-state index contributed by atoms with van der Waals surface area (Å²) in [6.07, 6.45) is 1.18. The molecule has 7 nitrogen and oxygen atoms in total. The van der Waals surface area contributed by atoms with E-state index in [2.05, 4.69) is 26.6 Å². The first-order chi connectivity index (χ1) is 14.0. The predicted octanol–water partition coefficient (Wildman–Crippen LogP) is 4.04. The van der Waals surface area contributed by atoms with Gasteiger partial charge >= 0.3 is 0 Å². The molecule has 3 amide bonds. The van der Waals surface area contributed by atoms with Crippen molar-refractivity contribution < 1.29 is 18.8 Å². The van der Waals surface area contributed by atoms with Crippen molar-refractivity contribution in [3.05, 3.63) is 77.2 Å². The number of furan rings is 1. The van der Waals surface area contributed by atoms with Gasteiger partial charge in [0.1, 0.15) is 6.04 Å². The number of nitrogens with one attached hydrogen (secondary N) is 2. The highest BCUT2D eigenvalue weighted by Crippen LogP contribution is 2.34.